The predicted octanol–water partition coefficient (Wildman–Crippen LogP) is 1.70. The van der Waals surface area contributed by atoms with Crippen molar-refractivity contribution in [1.82, 2.24) is 4.98 Å². The van der Waals surface area contributed by atoms with E-state index in [0.717, 1.165) is 18.1 Å². The molecule has 0 atom stereocenters. The minimum absolute atomic E-state index is 0.0891. The van der Waals surface area contributed by atoms with Gasteiger partial charge < -0.3 is 15.7 Å². The molecule has 0 aliphatic rings. The van der Waals surface area contributed by atoms with E-state index >= 15 is 0 Å². The number of hydrogen-bond acceptors (Lipinski definition) is 4. The molecule has 1 heterocycles. The molecule has 0 aliphatic carbocycles. The summed E-state index contributed by atoms with van der Waals surface area (Å²) in [7, 11) is 0. The summed E-state index contributed by atoms with van der Waals surface area (Å²) in [6.07, 6.45) is 1.74. The molecule has 0 fully saturated rings. The van der Waals surface area contributed by atoms with Crippen molar-refractivity contribution in [3.05, 3.63) is 18.3 Å². The summed E-state index contributed by atoms with van der Waals surface area (Å²) in [5, 5.41) is 15.5. The van der Waals surface area contributed by atoms with Crippen molar-refractivity contribution in [1.29, 1.82) is 0 Å². The minimum Gasteiger partial charge on any atom is -0.394 e. The first kappa shape index (κ1) is 11.8. The van der Waals surface area contributed by atoms with Crippen LogP contribution in [0.25, 0.3) is 0 Å². The molecule has 0 aliphatic heterocycles. The van der Waals surface area contributed by atoms with Crippen LogP contribution in [0.15, 0.2) is 18.3 Å². The molecule has 4 nitrogen and oxygen atoms in total. The standard InChI is InChI=1S/C11H19N3O/c1-4-12-10-7-9(5-6-13-10)14-11(2,3)8-15/h5-7,15H,4,8H2,1-3H3,(H2,12,13,14). The molecule has 15 heavy (non-hydrogen) atoms. The van der Waals surface area contributed by atoms with Crippen molar-refractivity contribution in [2.24, 2.45) is 0 Å². The second-order valence-electron chi connectivity index (χ2n) is 4.13. The van der Waals surface area contributed by atoms with Crippen LogP contribution in [0.3, 0.4) is 0 Å². The first-order valence-corrected chi connectivity index (χ1v) is 5.16. The van der Waals surface area contributed by atoms with Gasteiger partial charge in [0.15, 0.2) is 0 Å². The Hall–Kier alpha value is -1.29. The van der Waals surface area contributed by atoms with Gasteiger partial charge in [0.1, 0.15) is 5.82 Å². The Morgan fingerprint density at radius 1 is 1.47 bits per heavy atom. The molecule has 0 unspecified atom stereocenters. The summed E-state index contributed by atoms with van der Waals surface area (Å²) in [5.74, 6) is 0.844. The number of anilines is 2. The maximum Gasteiger partial charge on any atom is 0.127 e. The summed E-state index contributed by atoms with van der Waals surface area (Å²) >= 11 is 0. The summed E-state index contributed by atoms with van der Waals surface area (Å²) in [6.45, 7) is 6.85. The highest BCUT2D eigenvalue weighted by Gasteiger charge is 2.15. The largest absolute Gasteiger partial charge is 0.394 e. The molecule has 0 bridgehead atoms. The van der Waals surface area contributed by atoms with Crippen LogP contribution in [-0.4, -0.2) is 28.8 Å². The molecule has 0 radical (unpaired) electrons. The van der Waals surface area contributed by atoms with E-state index in [0.29, 0.717) is 0 Å². The summed E-state index contributed by atoms with van der Waals surface area (Å²) in [4.78, 5) is 4.17. The molecule has 1 aromatic heterocycles. The highest BCUT2D eigenvalue weighted by Crippen LogP contribution is 2.16. The molecule has 3 N–H and O–H groups in total. The van der Waals surface area contributed by atoms with Gasteiger partial charge in [0.05, 0.1) is 12.1 Å². The van der Waals surface area contributed by atoms with E-state index in [4.69, 9.17) is 5.11 Å². The molecule has 0 amide bonds. The van der Waals surface area contributed by atoms with Gasteiger partial charge in [0.2, 0.25) is 0 Å². The van der Waals surface area contributed by atoms with Crippen molar-refractivity contribution in [3.8, 4) is 0 Å². The van der Waals surface area contributed by atoms with Crippen LogP contribution >= 0.6 is 0 Å². The van der Waals surface area contributed by atoms with Crippen molar-refractivity contribution in [2.75, 3.05) is 23.8 Å². The Kier molecular flexibility index (Phi) is 3.91. The van der Waals surface area contributed by atoms with Gasteiger partial charge in [-0.05, 0) is 26.8 Å². The molecule has 84 valence electrons. The van der Waals surface area contributed by atoms with E-state index in [-0.39, 0.29) is 12.1 Å². The van der Waals surface area contributed by atoms with Gasteiger partial charge in [-0.15, -0.1) is 0 Å². The van der Waals surface area contributed by atoms with E-state index in [1.165, 1.54) is 0 Å². The number of pyridine rings is 1. The highest BCUT2D eigenvalue weighted by atomic mass is 16.3. The van der Waals surface area contributed by atoms with Gasteiger partial charge in [0, 0.05) is 24.5 Å². The molecule has 0 saturated heterocycles. The van der Waals surface area contributed by atoms with Crippen LogP contribution in [0.4, 0.5) is 11.5 Å². The lowest BCUT2D eigenvalue weighted by atomic mass is 10.1. The summed E-state index contributed by atoms with van der Waals surface area (Å²) < 4.78 is 0. The zero-order valence-corrected chi connectivity index (χ0v) is 9.54. The third-order valence-electron chi connectivity index (χ3n) is 2.00. The van der Waals surface area contributed by atoms with Crippen molar-refractivity contribution in [3.63, 3.8) is 0 Å². The van der Waals surface area contributed by atoms with Crippen LogP contribution in [0.1, 0.15) is 20.8 Å². The van der Waals surface area contributed by atoms with Gasteiger partial charge in [-0.25, -0.2) is 4.98 Å². The molecule has 0 saturated carbocycles. The zero-order valence-electron chi connectivity index (χ0n) is 9.54. The SMILES string of the molecule is CCNc1cc(NC(C)(C)CO)ccn1. The van der Waals surface area contributed by atoms with Crippen molar-refractivity contribution < 1.29 is 5.11 Å². The van der Waals surface area contributed by atoms with Crippen LogP contribution in [0.5, 0.6) is 0 Å². The summed E-state index contributed by atoms with van der Waals surface area (Å²) in [6, 6.07) is 3.82. The number of aliphatic hydroxyl groups excluding tert-OH is 1. The Morgan fingerprint density at radius 2 is 2.20 bits per heavy atom. The van der Waals surface area contributed by atoms with Crippen LogP contribution in [0, 0.1) is 0 Å². The Labute approximate surface area is 90.7 Å². The molecule has 4 heteroatoms. The van der Waals surface area contributed by atoms with Gasteiger partial charge >= 0.3 is 0 Å². The fraction of sp³-hybridized carbons (Fsp3) is 0.545. The van der Waals surface area contributed by atoms with E-state index in [9.17, 15) is 0 Å². The maximum absolute atomic E-state index is 9.13. The van der Waals surface area contributed by atoms with Gasteiger partial charge in [-0.1, -0.05) is 0 Å². The molecule has 0 aromatic carbocycles. The monoisotopic (exact) mass is 209 g/mol. The van der Waals surface area contributed by atoms with Gasteiger partial charge in [0.25, 0.3) is 0 Å². The number of rotatable bonds is 5. The quantitative estimate of drug-likeness (QED) is 0.691. The second-order valence-corrected chi connectivity index (χ2v) is 4.13. The Balaban J connectivity index is 2.73. The van der Waals surface area contributed by atoms with Crippen LogP contribution in [0.2, 0.25) is 0 Å². The molecule has 1 rings (SSSR count). The third-order valence-corrected chi connectivity index (χ3v) is 2.00. The first-order chi connectivity index (χ1) is 7.07. The van der Waals surface area contributed by atoms with Crippen LogP contribution < -0.4 is 10.6 Å². The van der Waals surface area contributed by atoms with E-state index < -0.39 is 0 Å². The smallest absolute Gasteiger partial charge is 0.127 e. The molecular weight excluding hydrogens is 190 g/mol. The number of hydrogen-bond donors (Lipinski definition) is 3. The maximum atomic E-state index is 9.13. The molecule has 1 aromatic rings. The second kappa shape index (κ2) is 4.98. The average molecular weight is 209 g/mol. The Bertz CT molecular complexity index is 312. The molecule has 0 spiro atoms. The van der Waals surface area contributed by atoms with Crippen molar-refractivity contribution >= 4 is 11.5 Å². The number of nitrogens with one attached hydrogen (secondary N) is 2. The lowest BCUT2D eigenvalue weighted by molar-refractivity contribution is 0.234. The lowest BCUT2D eigenvalue weighted by Gasteiger charge is -2.25. The summed E-state index contributed by atoms with van der Waals surface area (Å²) in [5.41, 5.74) is 0.644. The third kappa shape index (κ3) is 3.75. The number of aromatic nitrogens is 1. The fourth-order valence-electron chi connectivity index (χ4n) is 1.22. The van der Waals surface area contributed by atoms with Gasteiger partial charge in [-0.2, -0.15) is 0 Å². The van der Waals surface area contributed by atoms with Crippen molar-refractivity contribution in [2.45, 2.75) is 26.3 Å². The highest BCUT2D eigenvalue weighted by molar-refractivity contribution is 5.53. The first-order valence-electron chi connectivity index (χ1n) is 5.16. The fourth-order valence-corrected chi connectivity index (χ4v) is 1.22. The lowest BCUT2D eigenvalue weighted by Crippen LogP contribution is -2.34. The Morgan fingerprint density at radius 3 is 2.80 bits per heavy atom. The number of aliphatic hydroxyl groups is 1. The van der Waals surface area contributed by atoms with E-state index in [1.807, 2.05) is 32.9 Å². The van der Waals surface area contributed by atoms with E-state index in [1.54, 1.807) is 6.20 Å². The molecular formula is C11H19N3O. The zero-order chi connectivity index (χ0) is 11.3. The predicted molar refractivity (Wildman–Crippen MR) is 63.2 cm³/mol. The van der Waals surface area contributed by atoms with Crippen LogP contribution in [-0.2, 0) is 0 Å². The van der Waals surface area contributed by atoms with E-state index in [2.05, 4.69) is 15.6 Å². The van der Waals surface area contributed by atoms with Gasteiger partial charge in [-0.3, -0.25) is 0 Å². The number of nitrogens with zero attached hydrogens (tertiary/aromatic N) is 1. The normalized spacial score (nSPS) is 11.2. The average Bonchev–Trinajstić information content (AvgIpc) is 2.18. The minimum atomic E-state index is -0.315. The topological polar surface area (TPSA) is 57.2 Å².